The molecule has 0 spiro atoms. The highest BCUT2D eigenvalue weighted by Gasteiger charge is 1.77. The smallest absolute Gasteiger partial charge is 0.0656 e. The van der Waals surface area contributed by atoms with Crippen molar-refractivity contribution in [3.05, 3.63) is 0 Å². The van der Waals surface area contributed by atoms with Gasteiger partial charge in [-0.2, -0.15) is 5.06 Å². The molecule has 0 saturated heterocycles. The van der Waals surface area contributed by atoms with Gasteiger partial charge >= 0.3 is 0 Å². The zero-order chi connectivity index (χ0) is 4.99. The molecule has 0 heterocycles. The van der Waals surface area contributed by atoms with E-state index in [1.54, 1.807) is 5.06 Å². The van der Waals surface area contributed by atoms with E-state index in [2.05, 4.69) is 0 Å². The van der Waals surface area contributed by atoms with Crippen LogP contribution in [0.3, 0.4) is 0 Å². The Balaban J connectivity index is -0.0000000417. The van der Waals surface area contributed by atoms with Gasteiger partial charge in [-0.05, 0) is 6.92 Å². The van der Waals surface area contributed by atoms with Gasteiger partial charge < -0.3 is 6.15 Å². The highest BCUT2D eigenvalue weighted by atomic mass is 35.5. The normalized spacial score (nSPS) is 6.67. The Kier molecular flexibility index (Phi) is 39.9. The Hall–Kier alpha value is 0.460. The van der Waals surface area contributed by atoms with Gasteiger partial charge in [-0.15, -0.1) is 24.8 Å². The number of hydrogen-bond donors (Lipinski definition) is 1. The second-order valence-corrected chi connectivity index (χ2v) is 1.23. The molecule has 5 heteroatoms. The zero-order valence-corrected chi connectivity index (χ0v) is 7.72. The van der Waals surface area contributed by atoms with Crippen molar-refractivity contribution in [2.75, 3.05) is 20.7 Å². The van der Waals surface area contributed by atoms with Crippen molar-refractivity contribution in [2.24, 2.45) is 0 Å². The molecule has 62 valence electrons. The fourth-order valence-corrected chi connectivity index (χ4v) is 0.258. The number of hydrogen-bond acceptors (Lipinski definition) is 3. The summed E-state index contributed by atoms with van der Waals surface area (Å²) in [4.78, 5) is 4.88. The van der Waals surface area contributed by atoms with E-state index in [1.165, 1.54) is 0 Å². The lowest BCUT2D eigenvalue weighted by molar-refractivity contribution is -0.113. The maximum absolute atomic E-state index is 4.88. The molecule has 0 amide bonds. The monoisotopic (exact) mass is 178 g/mol. The second-order valence-electron chi connectivity index (χ2n) is 1.23. The fourth-order valence-electron chi connectivity index (χ4n) is 0.258. The van der Waals surface area contributed by atoms with Gasteiger partial charge in [-0.25, -0.2) is 0 Å². The second kappa shape index (κ2) is 15.8. The van der Waals surface area contributed by atoms with Gasteiger partial charge in [0.15, 0.2) is 0 Å². The van der Waals surface area contributed by atoms with Crippen LogP contribution in [0.4, 0.5) is 0 Å². The average molecular weight is 179 g/mol. The molecule has 0 aromatic rings. The summed E-state index contributed by atoms with van der Waals surface area (Å²) in [5.41, 5.74) is 0. The maximum Gasteiger partial charge on any atom is 0.0656 e. The maximum atomic E-state index is 4.88. The predicted octanol–water partition coefficient (Wildman–Crippen LogP) is 1.51. The van der Waals surface area contributed by atoms with Crippen LogP contribution < -0.4 is 6.15 Å². The lowest BCUT2D eigenvalue weighted by Crippen LogP contribution is -2.11. The van der Waals surface area contributed by atoms with Crippen molar-refractivity contribution >= 4 is 24.8 Å². The SMILES string of the molecule is CCON(C)C.Cl.Cl.N. The quantitative estimate of drug-likeness (QED) is 0.653. The third-order valence-electron chi connectivity index (χ3n) is 0.387. The summed E-state index contributed by atoms with van der Waals surface area (Å²) < 4.78 is 0. The molecule has 0 rings (SSSR count). The molecule has 3 N–H and O–H groups in total. The van der Waals surface area contributed by atoms with Gasteiger partial charge in [-0.1, -0.05) is 0 Å². The van der Waals surface area contributed by atoms with E-state index in [0.29, 0.717) is 0 Å². The summed E-state index contributed by atoms with van der Waals surface area (Å²) in [5.74, 6) is 0. The Labute approximate surface area is 69.1 Å². The van der Waals surface area contributed by atoms with E-state index in [4.69, 9.17) is 4.84 Å². The standard InChI is InChI=1S/C4H11NO.2ClH.H3N/c1-4-6-5(2)3;;;/h4H2,1-3H3;2*1H;1H3. The molecule has 0 atom stereocenters. The fraction of sp³-hybridized carbons (Fsp3) is 1.00. The summed E-state index contributed by atoms with van der Waals surface area (Å²) in [5, 5.41) is 1.68. The lowest BCUT2D eigenvalue weighted by Gasteiger charge is -2.05. The zero-order valence-electron chi connectivity index (χ0n) is 6.09. The molecule has 9 heavy (non-hydrogen) atoms. The number of nitrogens with zero attached hydrogens (tertiary/aromatic N) is 1. The largest absolute Gasteiger partial charge is 0.344 e. The van der Waals surface area contributed by atoms with Crippen LogP contribution >= 0.6 is 24.8 Å². The highest BCUT2D eigenvalue weighted by molar-refractivity contribution is 5.85. The van der Waals surface area contributed by atoms with Gasteiger partial charge in [0.25, 0.3) is 0 Å². The molecule has 0 bridgehead atoms. The number of rotatable bonds is 2. The van der Waals surface area contributed by atoms with E-state index in [9.17, 15) is 0 Å². The molecule has 0 aliphatic heterocycles. The first kappa shape index (κ1) is 22.7. The summed E-state index contributed by atoms with van der Waals surface area (Å²) in [6.45, 7) is 2.72. The third-order valence-corrected chi connectivity index (χ3v) is 0.387. The van der Waals surface area contributed by atoms with Crippen molar-refractivity contribution in [1.82, 2.24) is 11.2 Å². The minimum Gasteiger partial charge on any atom is -0.344 e. The lowest BCUT2D eigenvalue weighted by atomic mass is 10.9. The molecule has 0 saturated carbocycles. The van der Waals surface area contributed by atoms with Crippen LogP contribution in [0, 0.1) is 0 Å². The molecule has 3 nitrogen and oxygen atoms in total. The minimum atomic E-state index is 0. The number of halogens is 2. The van der Waals surface area contributed by atoms with Gasteiger partial charge in [0.05, 0.1) is 6.61 Å². The highest BCUT2D eigenvalue weighted by Crippen LogP contribution is 1.72. The van der Waals surface area contributed by atoms with Crippen molar-refractivity contribution in [1.29, 1.82) is 0 Å². The van der Waals surface area contributed by atoms with E-state index in [1.807, 2.05) is 21.0 Å². The summed E-state index contributed by atoms with van der Waals surface area (Å²) in [6.07, 6.45) is 0. The molecule has 0 aromatic carbocycles. The predicted molar refractivity (Wildman–Crippen MR) is 44.8 cm³/mol. The van der Waals surface area contributed by atoms with Crippen LogP contribution in [-0.2, 0) is 4.84 Å². The molecule has 0 aromatic heterocycles. The van der Waals surface area contributed by atoms with Crippen LogP contribution in [0.25, 0.3) is 0 Å². The molecular formula is C4H16Cl2N2O. The van der Waals surface area contributed by atoms with Crippen molar-refractivity contribution < 1.29 is 4.84 Å². The molecule has 0 aliphatic rings. The Morgan fingerprint density at radius 3 is 1.56 bits per heavy atom. The van der Waals surface area contributed by atoms with Gasteiger partial charge in [0.1, 0.15) is 0 Å². The first-order valence-electron chi connectivity index (χ1n) is 2.07. The molecule has 0 radical (unpaired) electrons. The average Bonchev–Trinajstić information content (AvgIpc) is 1.35. The molecule has 0 fully saturated rings. The van der Waals surface area contributed by atoms with Crippen LogP contribution in [-0.4, -0.2) is 25.8 Å². The van der Waals surface area contributed by atoms with Crippen LogP contribution in [0.1, 0.15) is 6.92 Å². The van der Waals surface area contributed by atoms with Crippen LogP contribution in [0.15, 0.2) is 0 Å². The molecular weight excluding hydrogens is 163 g/mol. The third kappa shape index (κ3) is 29.5. The first-order chi connectivity index (χ1) is 2.77. The van der Waals surface area contributed by atoms with E-state index < -0.39 is 0 Å². The van der Waals surface area contributed by atoms with Crippen LogP contribution in [0.2, 0.25) is 0 Å². The van der Waals surface area contributed by atoms with Gasteiger partial charge in [0, 0.05) is 14.1 Å². The topological polar surface area (TPSA) is 47.5 Å². The van der Waals surface area contributed by atoms with E-state index in [0.717, 1.165) is 6.61 Å². The van der Waals surface area contributed by atoms with Crippen molar-refractivity contribution in [3.8, 4) is 0 Å². The van der Waals surface area contributed by atoms with Gasteiger partial charge in [-0.3, -0.25) is 4.84 Å². The molecule has 0 unspecified atom stereocenters. The summed E-state index contributed by atoms with van der Waals surface area (Å²) >= 11 is 0. The van der Waals surface area contributed by atoms with Crippen molar-refractivity contribution in [2.45, 2.75) is 6.92 Å². The Bertz CT molecular complexity index is 37.7. The summed E-state index contributed by atoms with van der Waals surface area (Å²) in [7, 11) is 3.73. The minimum absolute atomic E-state index is 0. The van der Waals surface area contributed by atoms with E-state index >= 15 is 0 Å². The Morgan fingerprint density at radius 1 is 1.22 bits per heavy atom. The summed E-state index contributed by atoms with van der Waals surface area (Å²) in [6, 6.07) is 0. The molecule has 0 aliphatic carbocycles. The Morgan fingerprint density at radius 2 is 1.56 bits per heavy atom. The number of hydroxylamine groups is 2. The van der Waals surface area contributed by atoms with E-state index in [-0.39, 0.29) is 31.0 Å². The van der Waals surface area contributed by atoms with Crippen molar-refractivity contribution in [3.63, 3.8) is 0 Å². The van der Waals surface area contributed by atoms with Gasteiger partial charge in [0.2, 0.25) is 0 Å². The van der Waals surface area contributed by atoms with Crippen LogP contribution in [0.5, 0.6) is 0 Å². The first-order valence-corrected chi connectivity index (χ1v) is 2.07.